The molecule has 2 heterocycles. The maximum absolute atomic E-state index is 12.8. The third-order valence-corrected chi connectivity index (χ3v) is 5.77. The molecule has 0 aliphatic heterocycles. The van der Waals surface area contributed by atoms with Gasteiger partial charge in [0.05, 0.1) is 7.11 Å². The minimum atomic E-state index is -0.305. The minimum Gasteiger partial charge on any atom is -0.493 e. The third-order valence-electron chi connectivity index (χ3n) is 4.89. The van der Waals surface area contributed by atoms with E-state index in [2.05, 4.69) is 20.5 Å². The van der Waals surface area contributed by atoms with Gasteiger partial charge in [0, 0.05) is 23.5 Å². The van der Waals surface area contributed by atoms with Crippen molar-refractivity contribution in [2.75, 3.05) is 12.4 Å². The number of rotatable bonds is 7. The van der Waals surface area contributed by atoms with Crippen LogP contribution in [-0.2, 0) is 0 Å². The number of amides is 1. The van der Waals surface area contributed by atoms with Gasteiger partial charge in [-0.2, -0.15) is 0 Å². The number of methoxy groups -OCH3 is 1. The molecule has 1 N–H and O–H groups in total. The van der Waals surface area contributed by atoms with E-state index in [1.54, 1.807) is 37.7 Å². The summed E-state index contributed by atoms with van der Waals surface area (Å²) in [5, 5.41) is 12.2. The molecule has 0 bridgehead atoms. The molecular formula is C24H22N4O3S. The average molecular weight is 447 g/mol. The molecule has 1 atom stereocenters. The quantitative estimate of drug-likeness (QED) is 0.414. The van der Waals surface area contributed by atoms with Gasteiger partial charge in [0.15, 0.2) is 11.5 Å². The smallest absolute Gasteiger partial charge is 0.257 e. The van der Waals surface area contributed by atoms with Crippen molar-refractivity contribution in [3.05, 3.63) is 83.7 Å². The highest BCUT2D eigenvalue weighted by Gasteiger charge is 2.16. The molecule has 162 valence electrons. The monoisotopic (exact) mass is 446 g/mol. The molecule has 1 amide bonds. The summed E-state index contributed by atoms with van der Waals surface area (Å²) in [5.41, 5.74) is 3.41. The highest BCUT2D eigenvalue weighted by atomic mass is 32.1. The molecular weight excluding hydrogens is 424 g/mol. The Hall–Kier alpha value is -3.78. The number of carbonyl (C=O) groups is 1. The molecule has 0 spiro atoms. The van der Waals surface area contributed by atoms with Gasteiger partial charge in [-0.3, -0.25) is 15.1 Å². The zero-order chi connectivity index (χ0) is 22.5. The number of aryl methyl sites for hydroxylation is 1. The molecule has 7 nitrogen and oxygen atoms in total. The molecule has 2 aromatic heterocycles. The topological polar surface area (TPSA) is 86.2 Å². The first kappa shape index (κ1) is 21.5. The molecule has 0 fully saturated rings. The first-order valence-electron chi connectivity index (χ1n) is 10.0. The molecule has 4 aromatic rings. The highest BCUT2D eigenvalue weighted by molar-refractivity contribution is 7.18. The summed E-state index contributed by atoms with van der Waals surface area (Å²) in [5.74, 6) is 0.734. The Balaban J connectivity index is 1.48. The van der Waals surface area contributed by atoms with Crippen molar-refractivity contribution in [1.29, 1.82) is 0 Å². The molecule has 32 heavy (non-hydrogen) atoms. The van der Waals surface area contributed by atoms with Gasteiger partial charge in [-0.15, -0.1) is 10.2 Å². The fraction of sp³-hybridized carbons (Fsp3) is 0.167. The predicted molar refractivity (Wildman–Crippen MR) is 124 cm³/mol. The van der Waals surface area contributed by atoms with Gasteiger partial charge in [0.25, 0.3) is 5.91 Å². The minimum absolute atomic E-state index is 0.166. The van der Waals surface area contributed by atoms with E-state index in [1.807, 2.05) is 50.2 Å². The van der Waals surface area contributed by atoms with Gasteiger partial charge in [-0.25, -0.2) is 0 Å². The Morgan fingerprint density at radius 2 is 1.88 bits per heavy atom. The van der Waals surface area contributed by atoms with E-state index in [0.29, 0.717) is 22.2 Å². The zero-order valence-electron chi connectivity index (χ0n) is 17.9. The second kappa shape index (κ2) is 9.57. The summed E-state index contributed by atoms with van der Waals surface area (Å²) < 4.78 is 11.5. The van der Waals surface area contributed by atoms with Crippen molar-refractivity contribution in [1.82, 2.24) is 15.2 Å². The first-order valence-corrected chi connectivity index (χ1v) is 10.8. The second-order valence-corrected chi connectivity index (χ2v) is 8.07. The molecule has 0 saturated heterocycles. The molecule has 0 saturated carbocycles. The van der Waals surface area contributed by atoms with Crippen molar-refractivity contribution in [3.8, 4) is 22.1 Å². The SMILES string of the molecule is COc1cc(C(=O)Nc2nnc(-c3ccncc3C)s2)ccc1OC(C)c1ccccc1. The number of benzene rings is 2. The van der Waals surface area contributed by atoms with Crippen LogP contribution in [-0.4, -0.2) is 28.2 Å². The summed E-state index contributed by atoms with van der Waals surface area (Å²) in [4.78, 5) is 16.9. The second-order valence-electron chi connectivity index (χ2n) is 7.09. The normalized spacial score (nSPS) is 11.6. The van der Waals surface area contributed by atoms with Crippen molar-refractivity contribution in [3.63, 3.8) is 0 Å². The summed E-state index contributed by atoms with van der Waals surface area (Å²) >= 11 is 1.30. The van der Waals surface area contributed by atoms with Gasteiger partial charge >= 0.3 is 0 Å². The van der Waals surface area contributed by atoms with E-state index in [9.17, 15) is 4.79 Å². The lowest BCUT2D eigenvalue weighted by Gasteiger charge is -2.17. The number of anilines is 1. The number of aromatic nitrogens is 3. The van der Waals surface area contributed by atoms with E-state index in [1.165, 1.54) is 11.3 Å². The van der Waals surface area contributed by atoms with Crippen LogP contribution < -0.4 is 14.8 Å². The lowest BCUT2D eigenvalue weighted by Crippen LogP contribution is -2.12. The van der Waals surface area contributed by atoms with E-state index in [-0.39, 0.29) is 12.0 Å². The van der Waals surface area contributed by atoms with E-state index < -0.39 is 0 Å². The average Bonchev–Trinajstić information content (AvgIpc) is 3.28. The third kappa shape index (κ3) is 4.76. The molecule has 8 heteroatoms. The standard InChI is InChI=1S/C24H22N4O3S/c1-15-14-25-12-11-19(15)23-27-28-24(32-23)26-22(29)18-9-10-20(21(13-18)30-3)31-16(2)17-7-5-4-6-8-17/h4-14,16H,1-3H3,(H,26,28,29). The maximum atomic E-state index is 12.8. The lowest BCUT2D eigenvalue weighted by molar-refractivity contribution is 0.102. The van der Waals surface area contributed by atoms with Crippen molar-refractivity contribution < 1.29 is 14.3 Å². The fourth-order valence-corrected chi connectivity index (χ4v) is 3.98. The zero-order valence-corrected chi connectivity index (χ0v) is 18.7. The highest BCUT2D eigenvalue weighted by Crippen LogP contribution is 2.33. The molecule has 0 aliphatic rings. The number of pyridine rings is 1. The number of carbonyl (C=O) groups excluding carboxylic acids is 1. The van der Waals surface area contributed by atoms with Crippen LogP contribution in [0.2, 0.25) is 0 Å². The summed E-state index contributed by atoms with van der Waals surface area (Å²) in [6, 6.07) is 16.9. The van der Waals surface area contributed by atoms with Crippen LogP contribution in [0.25, 0.3) is 10.6 Å². The largest absolute Gasteiger partial charge is 0.493 e. The maximum Gasteiger partial charge on any atom is 0.257 e. The predicted octanol–water partition coefficient (Wildman–Crippen LogP) is 5.31. The molecule has 1 unspecified atom stereocenters. The summed E-state index contributed by atoms with van der Waals surface area (Å²) in [6.07, 6.45) is 3.31. The van der Waals surface area contributed by atoms with Crippen LogP contribution in [0.1, 0.15) is 34.5 Å². The molecule has 0 aliphatic carbocycles. The van der Waals surface area contributed by atoms with Crippen molar-refractivity contribution in [2.24, 2.45) is 0 Å². The molecule has 4 rings (SSSR count). The molecule has 2 aromatic carbocycles. The Labute approximate surface area is 190 Å². The van der Waals surface area contributed by atoms with Crippen LogP contribution in [0, 0.1) is 6.92 Å². The number of hydrogen-bond acceptors (Lipinski definition) is 7. The van der Waals surface area contributed by atoms with Crippen LogP contribution >= 0.6 is 11.3 Å². The van der Waals surface area contributed by atoms with Crippen molar-refractivity contribution in [2.45, 2.75) is 20.0 Å². The molecule has 0 radical (unpaired) electrons. The Morgan fingerprint density at radius 1 is 1.06 bits per heavy atom. The Kier molecular flexibility index (Phi) is 6.42. The van der Waals surface area contributed by atoms with Crippen LogP contribution in [0.5, 0.6) is 11.5 Å². The van der Waals surface area contributed by atoms with E-state index >= 15 is 0 Å². The van der Waals surface area contributed by atoms with Gasteiger partial charge in [0.2, 0.25) is 5.13 Å². The van der Waals surface area contributed by atoms with Gasteiger partial charge in [-0.05, 0) is 49.2 Å². The van der Waals surface area contributed by atoms with Crippen LogP contribution in [0.4, 0.5) is 5.13 Å². The Morgan fingerprint density at radius 3 is 2.62 bits per heavy atom. The van der Waals surface area contributed by atoms with Gasteiger partial charge in [-0.1, -0.05) is 41.7 Å². The van der Waals surface area contributed by atoms with E-state index in [4.69, 9.17) is 9.47 Å². The number of ether oxygens (including phenoxy) is 2. The first-order chi connectivity index (χ1) is 15.5. The fourth-order valence-electron chi connectivity index (χ4n) is 3.15. The van der Waals surface area contributed by atoms with Crippen molar-refractivity contribution >= 4 is 22.4 Å². The Bertz CT molecular complexity index is 1230. The number of hydrogen-bond donors (Lipinski definition) is 1. The van der Waals surface area contributed by atoms with Gasteiger partial charge < -0.3 is 9.47 Å². The van der Waals surface area contributed by atoms with E-state index in [0.717, 1.165) is 21.7 Å². The van der Waals surface area contributed by atoms with Gasteiger partial charge in [0.1, 0.15) is 11.1 Å². The van der Waals surface area contributed by atoms with Crippen LogP contribution in [0.3, 0.4) is 0 Å². The summed E-state index contributed by atoms with van der Waals surface area (Å²) in [6.45, 7) is 3.92. The number of nitrogens with one attached hydrogen (secondary N) is 1. The van der Waals surface area contributed by atoms with Crippen LogP contribution in [0.15, 0.2) is 67.0 Å². The lowest BCUT2D eigenvalue weighted by atomic mass is 10.1. The number of nitrogens with zero attached hydrogens (tertiary/aromatic N) is 3. The summed E-state index contributed by atoms with van der Waals surface area (Å²) in [7, 11) is 1.55.